The predicted molar refractivity (Wildman–Crippen MR) is 206 cm³/mol. The number of benzene rings is 4. The van der Waals surface area contributed by atoms with E-state index < -0.39 is 12.0 Å². The van der Waals surface area contributed by atoms with Gasteiger partial charge in [0.15, 0.2) is 16.3 Å². The number of aromatic nitrogens is 1. The van der Waals surface area contributed by atoms with Crippen molar-refractivity contribution in [2.24, 2.45) is 4.99 Å². The Kier molecular flexibility index (Phi) is 11.2. The topological polar surface area (TPSA) is 79.1 Å². The average molecular weight is 844 g/mol. The standard InChI is InChI=1S/C37H29Cl2IN2O5S2/c1-4-46-36(44)31-32(23-8-6-5-7-9-23)41-37-42(33(31)24-11-13-25(48-3)14-12-24)35(43)30(49-37)19-22-17-28(40)34(29(18-22)45-2)47-20-21-10-15-26(38)27(39)16-21/h5-19,33H,4,20H2,1-3H3/b30-19-/t33-/m0/s1. The molecule has 1 atom stereocenters. The summed E-state index contributed by atoms with van der Waals surface area (Å²) in [6.07, 6.45) is 3.81. The van der Waals surface area contributed by atoms with Crippen molar-refractivity contribution < 1.29 is 19.0 Å². The van der Waals surface area contributed by atoms with E-state index in [4.69, 9.17) is 42.4 Å². The number of nitrogens with zero attached hydrogens (tertiary/aromatic N) is 2. The molecule has 0 unspecified atom stereocenters. The van der Waals surface area contributed by atoms with E-state index in [2.05, 4.69) is 22.6 Å². The van der Waals surface area contributed by atoms with Crippen molar-refractivity contribution in [2.45, 2.75) is 24.5 Å². The molecule has 1 aromatic heterocycles. The summed E-state index contributed by atoms with van der Waals surface area (Å²) >= 11 is 17.3. The van der Waals surface area contributed by atoms with Crippen LogP contribution >= 0.6 is 68.9 Å². The maximum absolute atomic E-state index is 14.3. The smallest absolute Gasteiger partial charge is 0.338 e. The number of hydrogen-bond donors (Lipinski definition) is 0. The summed E-state index contributed by atoms with van der Waals surface area (Å²) in [5, 5.41) is 0.922. The van der Waals surface area contributed by atoms with E-state index in [0.717, 1.165) is 30.7 Å². The summed E-state index contributed by atoms with van der Waals surface area (Å²) < 4.78 is 20.3. The fourth-order valence-corrected chi connectivity index (χ4v) is 7.95. The van der Waals surface area contributed by atoms with Crippen molar-refractivity contribution in [1.29, 1.82) is 0 Å². The van der Waals surface area contributed by atoms with Gasteiger partial charge in [0.1, 0.15) is 6.61 Å². The van der Waals surface area contributed by atoms with Gasteiger partial charge in [-0.25, -0.2) is 9.79 Å². The second-order valence-corrected chi connectivity index (χ2v) is 14.6. The molecule has 5 aromatic rings. The molecule has 0 fully saturated rings. The Morgan fingerprint density at radius 2 is 1.80 bits per heavy atom. The van der Waals surface area contributed by atoms with Crippen molar-refractivity contribution >= 4 is 86.6 Å². The van der Waals surface area contributed by atoms with Gasteiger partial charge in [-0.2, -0.15) is 0 Å². The molecule has 6 rings (SSSR count). The van der Waals surface area contributed by atoms with Crippen LogP contribution in [0.15, 0.2) is 105 Å². The summed E-state index contributed by atoms with van der Waals surface area (Å²) in [4.78, 5) is 34.5. The fraction of sp³-hybridized carbons (Fsp3) is 0.162. The summed E-state index contributed by atoms with van der Waals surface area (Å²) in [7, 11) is 1.57. The molecule has 0 N–H and O–H groups in total. The van der Waals surface area contributed by atoms with Crippen LogP contribution in [0.3, 0.4) is 0 Å². The van der Waals surface area contributed by atoms with Gasteiger partial charge in [0.25, 0.3) is 5.56 Å². The molecule has 250 valence electrons. The van der Waals surface area contributed by atoms with Gasteiger partial charge < -0.3 is 14.2 Å². The monoisotopic (exact) mass is 842 g/mol. The summed E-state index contributed by atoms with van der Waals surface area (Å²) in [6, 6.07) is 25.7. The predicted octanol–water partition coefficient (Wildman–Crippen LogP) is 8.16. The molecule has 0 radical (unpaired) electrons. The first-order valence-corrected chi connectivity index (χ1v) is 19.0. The van der Waals surface area contributed by atoms with E-state index in [1.54, 1.807) is 48.6 Å². The normalized spacial score (nSPS) is 14.3. The largest absolute Gasteiger partial charge is 0.493 e. The molecule has 0 spiro atoms. The van der Waals surface area contributed by atoms with Crippen LogP contribution in [0.4, 0.5) is 0 Å². The number of thiazole rings is 1. The van der Waals surface area contributed by atoms with Gasteiger partial charge in [-0.3, -0.25) is 9.36 Å². The molecule has 1 aliphatic heterocycles. The molecular formula is C37H29Cl2IN2O5S2. The third-order valence-corrected chi connectivity index (χ3v) is 11.0. The van der Waals surface area contributed by atoms with Crippen LogP contribution < -0.4 is 24.4 Å². The van der Waals surface area contributed by atoms with Crippen LogP contribution in [-0.4, -0.2) is 30.5 Å². The van der Waals surface area contributed by atoms with Crippen molar-refractivity contribution in [3.63, 3.8) is 0 Å². The quantitative estimate of drug-likeness (QED) is 0.0803. The van der Waals surface area contributed by atoms with Gasteiger partial charge in [0.2, 0.25) is 0 Å². The summed E-state index contributed by atoms with van der Waals surface area (Å²) in [6.45, 7) is 2.20. The molecule has 49 heavy (non-hydrogen) atoms. The van der Waals surface area contributed by atoms with Gasteiger partial charge in [-0.1, -0.05) is 83.1 Å². The molecule has 2 heterocycles. The first kappa shape index (κ1) is 35.3. The van der Waals surface area contributed by atoms with E-state index in [1.807, 2.05) is 79.1 Å². The number of ether oxygens (including phenoxy) is 3. The maximum Gasteiger partial charge on any atom is 0.338 e. The third kappa shape index (κ3) is 7.48. The Hall–Kier alpha value is -3.55. The Morgan fingerprint density at radius 3 is 2.47 bits per heavy atom. The second kappa shape index (κ2) is 15.6. The molecule has 1 aliphatic rings. The molecule has 0 saturated carbocycles. The summed E-state index contributed by atoms with van der Waals surface area (Å²) in [5.74, 6) is 0.552. The van der Waals surface area contributed by atoms with Crippen LogP contribution in [0, 0.1) is 3.57 Å². The first-order valence-electron chi connectivity index (χ1n) is 15.1. The van der Waals surface area contributed by atoms with Crippen molar-refractivity contribution in [2.75, 3.05) is 20.0 Å². The zero-order chi connectivity index (χ0) is 34.7. The minimum atomic E-state index is -0.754. The van der Waals surface area contributed by atoms with Crippen LogP contribution in [-0.2, 0) is 16.1 Å². The number of fused-ring (bicyclic) bond motifs is 1. The Labute approximate surface area is 315 Å². The molecule has 12 heteroatoms. The zero-order valence-electron chi connectivity index (χ0n) is 26.5. The maximum atomic E-state index is 14.3. The third-order valence-electron chi connectivity index (χ3n) is 7.72. The summed E-state index contributed by atoms with van der Waals surface area (Å²) in [5.41, 5.74) is 3.63. The van der Waals surface area contributed by atoms with E-state index in [9.17, 15) is 9.59 Å². The Morgan fingerprint density at radius 1 is 1.04 bits per heavy atom. The molecule has 7 nitrogen and oxygen atoms in total. The minimum absolute atomic E-state index is 0.181. The van der Waals surface area contributed by atoms with Gasteiger partial charge in [-0.15, -0.1) is 11.8 Å². The first-order chi connectivity index (χ1) is 23.7. The van der Waals surface area contributed by atoms with Crippen LogP contribution in [0.1, 0.15) is 35.2 Å². The molecule has 0 amide bonds. The molecule has 4 aromatic carbocycles. The highest BCUT2D eigenvalue weighted by Gasteiger charge is 2.35. The minimum Gasteiger partial charge on any atom is -0.493 e. The van der Waals surface area contributed by atoms with Gasteiger partial charge in [0, 0.05) is 10.5 Å². The fourth-order valence-electron chi connectivity index (χ4n) is 5.44. The number of hydrogen-bond acceptors (Lipinski definition) is 8. The Bertz CT molecular complexity index is 2250. The number of methoxy groups -OCH3 is 1. The van der Waals surface area contributed by atoms with Crippen LogP contribution in [0.25, 0.3) is 11.8 Å². The van der Waals surface area contributed by atoms with E-state index in [-0.39, 0.29) is 18.8 Å². The molecular weight excluding hydrogens is 814 g/mol. The van der Waals surface area contributed by atoms with Crippen LogP contribution in [0.5, 0.6) is 11.5 Å². The number of esters is 1. The van der Waals surface area contributed by atoms with E-state index in [0.29, 0.717) is 42.1 Å². The molecule has 0 bridgehead atoms. The lowest BCUT2D eigenvalue weighted by Gasteiger charge is -2.26. The van der Waals surface area contributed by atoms with Crippen molar-refractivity contribution in [1.82, 2.24) is 4.57 Å². The number of rotatable bonds is 10. The van der Waals surface area contributed by atoms with Crippen molar-refractivity contribution in [3.8, 4) is 11.5 Å². The Balaban J connectivity index is 1.48. The number of thioether (sulfide) groups is 1. The lowest BCUT2D eigenvalue weighted by Crippen LogP contribution is -2.40. The van der Waals surface area contributed by atoms with E-state index >= 15 is 0 Å². The lowest BCUT2D eigenvalue weighted by molar-refractivity contribution is -0.138. The zero-order valence-corrected chi connectivity index (χ0v) is 31.8. The highest BCUT2D eigenvalue weighted by Crippen LogP contribution is 2.37. The molecule has 0 saturated heterocycles. The highest BCUT2D eigenvalue weighted by molar-refractivity contribution is 14.1. The lowest BCUT2D eigenvalue weighted by atomic mass is 9.93. The number of carbonyl (C=O) groups is 1. The molecule has 0 aliphatic carbocycles. The number of halogens is 3. The van der Waals surface area contributed by atoms with Gasteiger partial charge in [0.05, 0.1) is 49.2 Å². The highest BCUT2D eigenvalue weighted by atomic mass is 127. The van der Waals surface area contributed by atoms with Gasteiger partial charge in [-0.05, 0) is 94.9 Å². The van der Waals surface area contributed by atoms with E-state index in [1.165, 1.54) is 11.3 Å². The average Bonchev–Trinajstić information content (AvgIpc) is 3.42. The SMILES string of the molecule is CCOC(=O)C1=C(c2ccccc2)N=c2s/c(=C\c3cc(I)c(OCc4ccc(Cl)c(Cl)c4)c(OC)c3)c(=O)n2[C@H]1c1ccc(SC)cc1. The second-order valence-electron chi connectivity index (χ2n) is 10.8. The van der Waals surface area contributed by atoms with Crippen molar-refractivity contribution in [3.05, 3.63) is 146 Å². The number of carbonyl (C=O) groups excluding carboxylic acids is 1. The van der Waals surface area contributed by atoms with Gasteiger partial charge >= 0.3 is 5.97 Å². The van der Waals surface area contributed by atoms with Crippen LogP contribution in [0.2, 0.25) is 10.0 Å².